The number of pyridine rings is 1. The molecular formula is C14H16F3N3O2S2. The highest BCUT2D eigenvalue weighted by molar-refractivity contribution is 7.91. The van der Waals surface area contributed by atoms with Gasteiger partial charge in [0.2, 0.25) is 10.0 Å². The molecule has 0 saturated carbocycles. The fourth-order valence-electron chi connectivity index (χ4n) is 1.81. The molecule has 2 aromatic heterocycles. The largest absolute Gasteiger partial charge is 0.417 e. The smallest absolute Gasteiger partial charge is 0.370 e. The molecule has 0 atom stereocenters. The molecule has 5 nitrogen and oxygen atoms in total. The first-order chi connectivity index (χ1) is 11.2. The fourth-order valence-corrected chi connectivity index (χ4v) is 4.21. The summed E-state index contributed by atoms with van der Waals surface area (Å²) in [5.41, 5.74) is -0.813. The van der Waals surface area contributed by atoms with Gasteiger partial charge in [0.15, 0.2) is 0 Å². The molecule has 10 heteroatoms. The Kier molecular flexibility index (Phi) is 5.83. The minimum Gasteiger partial charge on any atom is -0.370 e. The number of rotatable bonds is 7. The Morgan fingerprint density at radius 3 is 2.46 bits per heavy atom. The SMILES string of the molecule is Cc1ccc(S(=O)(=O)NCCCNc2ccc(C(F)(F)F)cn2)s1. The number of aromatic nitrogens is 1. The summed E-state index contributed by atoms with van der Waals surface area (Å²) in [5.74, 6) is 0.305. The zero-order valence-electron chi connectivity index (χ0n) is 12.7. The summed E-state index contributed by atoms with van der Waals surface area (Å²) in [6.07, 6.45) is -3.19. The van der Waals surface area contributed by atoms with Gasteiger partial charge in [0, 0.05) is 24.2 Å². The molecule has 2 rings (SSSR count). The van der Waals surface area contributed by atoms with Gasteiger partial charge in [-0.2, -0.15) is 13.2 Å². The third-order valence-electron chi connectivity index (χ3n) is 3.02. The molecule has 0 saturated heterocycles. The van der Waals surface area contributed by atoms with E-state index in [-0.39, 0.29) is 10.8 Å². The maximum Gasteiger partial charge on any atom is 0.417 e. The first kappa shape index (κ1) is 18.7. The number of hydrogen-bond donors (Lipinski definition) is 2. The van der Waals surface area contributed by atoms with Crippen LogP contribution in [0.5, 0.6) is 0 Å². The normalized spacial score (nSPS) is 12.3. The predicted octanol–water partition coefficient (Wildman–Crippen LogP) is 3.25. The first-order valence-corrected chi connectivity index (χ1v) is 9.32. The van der Waals surface area contributed by atoms with E-state index in [0.717, 1.165) is 17.1 Å². The number of anilines is 1. The zero-order chi connectivity index (χ0) is 17.8. The van der Waals surface area contributed by atoms with Crippen LogP contribution in [0.3, 0.4) is 0 Å². The molecule has 0 aliphatic carbocycles. The molecular weight excluding hydrogens is 363 g/mol. The van der Waals surface area contributed by atoms with E-state index < -0.39 is 21.8 Å². The molecule has 0 radical (unpaired) electrons. The quantitative estimate of drug-likeness (QED) is 0.725. The van der Waals surface area contributed by atoms with Gasteiger partial charge in [0.05, 0.1) is 5.56 Å². The molecule has 2 heterocycles. The molecule has 0 aliphatic rings. The lowest BCUT2D eigenvalue weighted by atomic mass is 10.3. The number of nitrogens with zero attached hydrogens (tertiary/aromatic N) is 1. The summed E-state index contributed by atoms with van der Waals surface area (Å²) in [6.45, 7) is 2.42. The summed E-state index contributed by atoms with van der Waals surface area (Å²) in [7, 11) is -3.51. The van der Waals surface area contributed by atoms with Gasteiger partial charge in [-0.3, -0.25) is 0 Å². The number of hydrogen-bond acceptors (Lipinski definition) is 5. The van der Waals surface area contributed by atoms with Crippen LogP contribution in [0.4, 0.5) is 19.0 Å². The molecule has 0 spiro atoms. The van der Waals surface area contributed by atoms with E-state index >= 15 is 0 Å². The van der Waals surface area contributed by atoms with Crippen LogP contribution in [-0.4, -0.2) is 26.5 Å². The Morgan fingerprint density at radius 2 is 1.92 bits per heavy atom. The molecule has 2 N–H and O–H groups in total. The third-order valence-corrected chi connectivity index (χ3v) is 5.98. The van der Waals surface area contributed by atoms with E-state index in [4.69, 9.17) is 0 Å². The predicted molar refractivity (Wildman–Crippen MR) is 86.6 cm³/mol. The Morgan fingerprint density at radius 1 is 1.17 bits per heavy atom. The van der Waals surface area contributed by atoms with E-state index in [1.54, 1.807) is 12.1 Å². The van der Waals surface area contributed by atoms with Gasteiger partial charge < -0.3 is 5.32 Å². The molecule has 24 heavy (non-hydrogen) atoms. The van der Waals surface area contributed by atoms with Crippen LogP contribution in [0.15, 0.2) is 34.7 Å². The summed E-state index contributed by atoms with van der Waals surface area (Å²) in [5, 5.41) is 2.84. The van der Waals surface area contributed by atoms with Crippen molar-refractivity contribution >= 4 is 27.2 Å². The Labute approximate surface area is 142 Å². The summed E-state index contributed by atoms with van der Waals surface area (Å²) < 4.78 is 63.9. The minimum absolute atomic E-state index is 0.215. The Hall–Kier alpha value is -1.65. The van der Waals surface area contributed by atoms with Gasteiger partial charge in [-0.05, 0) is 37.6 Å². The van der Waals surface area contributed by atoms with Gasteiger partial charge >= 0.3 is 6.18 Å². The van der Waals surface area contributed by atoms with Gasteiger partial charge in [-0.15, -0.1) is 11.3 Å². The van der Waals surface area contributed by atoms with Crippen LogP contribution >= 0.6 is 11.3 Å². The van der Waals surface area contributed by atoms with E-state index in [9.17, 15) is 21.6 Å². The molecule has 2 aromatic rings. The Bertz CT molecular complexity index is 771. The van der Waals surface area contributed by atoms with Crippen molar-refractivity contribution in [1.82, 2.24) is 9.71 Å². The van der Waals surface area contributed by atoms with Crippen LogP contribution in [0.25, 0.3) is 0 Å². The molecule has 0 amide bonds. The van der Waals surface area contributed by atoms with Crippen molar-refractivity contribution in [2.75, 3.05) is 18.4 Å². The minimum atomic E-state index is -4.41. The first-order valence-electron chi connectivity index (χ1n) is 7.02. The number of sulfonamides is 1. The molecule has 0 unspecified atom stereocenters. The standard InChI is InChI=1S/C14H16F3N3O2S2/c1-10-3-6-13(23-10)24(21,22)20-8-2-7-18-12-5-4-11(9-19-12)14(15,16)17/h3-6,9,20H,2,7-8H2,1H3,(H,18,19). The summed E-state index contributed by atoms with van der Waals surface area (Å²) in [4.78, 5) is 4.58. The van der Waals surface area contributed by atoms with Crippen molar-refractivity contribution < 1.29 is 21.6 Å². The van der Waals surface area contributed by atoms with Crippen molar-refractivity contribution in [3.8, 4) is 0 Å². The second-order valence-electron chi connectivity index (χ2n) is 4.97. The summed E-state index contributed by atoms with van der Waals surface area (Å²) in [6, 6.07) is 5.46. The maximum absolute atomic E-state index is 12.4. The van der Waals surface area contributed by atoms with Crippen LogP contribution in [0.1, 0.15) is 16.9 Å². The summed E-state index contributed by atoms with van der Waals surface area (Å²) >= 11 is 1.19. The van der Waals surface area contributed by atoms with Gasteiger partial charge in [0.1, 0.15) is 10.0 Å². The highest BCUT2D eigenvalue weighted by atomic mass is 32.2. The lowest BCUT2D eigenvalue weighted by Gasteiger charge is -2.09. The van der Waals surface area contributed by atoms with Crippen LogP contribution < -0.4 is 10.0 Å². The molecule has 0 bridgehead atoms. The Balaban J connectivity index is 1.75. The highest BCUT2D eigenvalue weighted by Gasteiger charge is 2.30. The lowest BCUT2D eigenvalue weighted by molar-refractivity contribution is -0.137. The average Bonchev–Trinajstić information content (AvgIpc) is 2.94. The highest BCUT2D eigenvalue weighted by Crippen LogP contribution is 2.28. The third kappa shape index (κ3) is 5.18. The van der Waals surface area contributed by atoms with Crippen LogP contribution in [0, 0.1) is 6.92 Å². The molecule has 0 aromatic carbocycles. The van der Waals surface area contributed by atoms with E-state index in [2.05, 4.69) is 15.0 Å². The van der Waals surface area contributed by atoms with E-state index in [0.29, 0.717) is 18.8 Å². The fraction of sp³-hybridized carbons (Fsp3) is 0.357. The van der Waals surface area contributed by atoms with Crippen molar-refractivity contribution in [3.63, 3.8) is 0 Å². The topological polar surface area (TPSA) is 71.1 Å². The number of thiophene rings is 1. The number of halogens is 3. The van der Waals surface area contributed by atoms with Crippen molar-refractivity contribution in [2.24, 2.45) is 0 Å². The van der Waals surface area contributed by atoms with Gasteiger partial charge in [-0.1, -0.05) is 0 Å². The number of alkyl halides is 3. The van der Waals surface area contributed by atoms with Crippen molar-refractivity contribution in [2.45, 2.75) is 23.7 Å². The number of nitrogens with one attached hydrogen (secondary N) is 2. The second kappa shape index (κ2) is 7.49. The van der Waals surface area contributed by atoms with Crippen molar-refractivity contribution in [1.29, 1.82) is 0 Å². The molecule has 132 valence electrons. The molecule has 0 fully saturated rings. The van der Waals surface area contributed by atoms with E-state index in [1.807, 2.05) is 6.92 Å². The van der Waals surface area contributed by atoms with E-state index in [1.165, 1.54) is 17.4 Å². The monoisotopic (exact) mass is 379 g/mol. The number of aryl methyl sites for hydroxylation is 1. The molecule has 0 aliphatic heterocycles. The van der Waals surface area contributed by atoms with Gasteiger partial charge in [0.25, 0.3) is 0 Å². The second-order valence-corrected chi connectivity index (χ2v) is 8.25. The van der Waals surface area contributed by atoms with Crippen LogP contribution in [0.2, 0.25) is 0 Å². The van der Waals surface area contributed by atoms with Gasteiger partial charge in [-0.25, -0.2) is 18.1 Å². The lowest BCUT2D eigenvalue weighted by Crippen LogP contribution is -2.25. The average molecular weight is 379 g/mol. The van der Waals surface area contributed by atoms with Crippen molar-refractivity contribution in [3.05, 3.63) is 40.9 Å². The maximum atomic E-state index is 12.4. The van der Waals surface area contributed by atoms with Crippen LogP contribution in [-0.2, 0) is 16.2 Å². The zero-order valence-corrected chi connectivity index (χ0v) is 14.4.